The second-order valence-corrected chi connectivity index (χ2v) is 6.90. The lowest BCUT2D eigenvalue weighted by Crippen LogP contribution is -2.52. The maximum Gasteiger partial charge on any atom is 0.349 e. The van der Waals surface area contributed by atoms with Gasteiger partial charge in [-0.3, -0.25) is 4.21 Å². The van der Waals surface area contributed by atoms with Gasteiger partial charge in [0.15, 0.2) is 0 Å². The fraction of sp³-hybridized carbons (Fsp3) is 0.500. The Morgan fingerprint density at radius 2 is 2.05 bits per heavy atom. The molecule has 0 aromatic heterocycles. The van der Waals surface area contributed by atoms with E-state index in [1.807, 2.05) is 26.0 Å². The highest BCUT2D eigenvalue weighted by molar-refractivity contribution is 7.87. The standard InChI is InChI=1S/C14H16N2O3S/c1-9-3-5-11(6-4-9)20(18)14-12(10(2)15-16-14)7-8-19-13(14)17/h3-6,10,12H,7-8H2,1-2H3/t10-,12-,14-,20?/m0/s1. The number of carbonyl (C=O) groups is 1. The summed E-state index contributed by atoms with van der Waals surface area (Å²) in [5, 5.41) is 8.20. The van der Waals surface area contributed by atoms with Gasteiger partial charge in [-0.25, -0.2) is 4.79 Å². The van der Waals surface area contributed by atoms with E-state index in [1.54, 1.807) is 12.1 Å². The number of cyclic esters (lactones) is 1. The molecule has 0 bridgehead atoms. The van der Waals surface area contributed by atoms with Gasteiger partial charge in [0.1, 0.15) is 0 Å². The molecule has 20 heavy (non-hydrogen) atoms. The smallest absolute Gasteiger partial charge is 0.349 e. The quantitative estimate of drug-likeness (QED) is 0.785. The molecule has 1 unspecified atom stereocenters. The molecule has 6 heteroatoms. The van der Waals surface area contributed by atoms with Crippen molar-refractivity contribution in [2.75, 3.05) is 6.61 Å². The Morgan fingerprint density at radius 3 is 2.75 bits per heavy atom. The summed E-state index contributed by atoms with van der Waals surface area (Å²) >= 11 is 0. The third-order valence-corrected chi connectivity index (χ3v) is 5.76. The fourth-order valence-corrected chi connectivity index (χ4v) is 4.43. The molecule has 0 N–H and O–H groups in total. The third kappa shape index (κ3) is 1.82. The molecule has 0 radical (unpaired) electrons. The van der Waals surface area contributed by atoms with Gasteiger partial charge in [0, 0.05) is 10.8 Å². The van der Waals surface area contributed by atoms with Gasteiger partial charge < -0.3 is 4.74 Å². The predicted octanol–water partition coefficient (Wildman–Crippen LogP) is 2.22. The molecular weight excluding hydrogens is 276 g/mol. The van der Waals surface area contributed by atoms with E-state index in [-0.39, 0.29) is 12.0 Å². The molecule has 106 valence electrons. The summed E-state index contributed by atoms with van der Waals surface area (Å²) in [6.07, 6.45) is 0.650. The van der Waals surface area contributed by atoms with Gasteiger partial charge >= 0.3 is 5.97 Å². The van der Waals surface area contributed by atoms with Crippen molar-refractivity contribution in [3.8, 4) is 0 Å². The fourth-order valence-electron chi connectivity index (χ4n) is 2.76. The summed E-state index contributed by atoms with van der Waals surface area (Å²) in [7, 11) is -1.59. The zero-order valence-electron chi connectivity index (χ0n) is 11.4. The summed E-state index contributed by atoms with van der Waals surface area (Å²) in [6.45, 7) is 4.21. The van der Waals surface area contributed by atoms with E-state index in [2.05, 4.69) is 10.2 Å². The van der Waals surface area contributed by atoms with E-state index >= 15 is 0 Å². The van der Waals surface area contributed by atoms with Crippen LogP contribution in [-0.2, 0) is 20.3 Å². The van der Waals surface area contributed by atoms with Crippen molar-refractivity contribution in [1.29, 1.82) is 0 Å². The average Bonchev–Trinajstić information content (AvgIpc) is 2.79. The molecule has 0 amide bonds. The van der Waals surface area contributed by atoms with Crippen LogP contribution in [0.5, 0.6) is 0 Å². The van der Waals surface area contributed by atoms with Crippen LogP contribution in [0.3, 0.4) is 0 Å². The lowest BCUT2D eigenvalue weighted by atomic mass is 9.89. The van der Waals surface area contributed by atoms with E-state index < -0.39 is 21.6 Å². The molecule has 1 aromatic carbocycles. The number of hydrogen-bond donors (Lipinski definition) is 0. The first-order valence-electron chi connectivity index (χ1n) is 6.63. The van der Waals surface area contributed by atoms with Gasteiger partial charge in [-0.05, 0) is 32.4 Å². The molecule has 1 fully saturated rings. The molecule has 1 saturated heterocycles. The van der Waals surface area contributed by atoms with Crippen LogP contribution in [0, 0.1) is 12.8 Å². The van der Waals surface area contributed by atoms with E-state index in [9.17, 15) is 9.00 Å². The number of fused-ring (bicyclic) bond motifs is 1. The number of ether oxygens (including phenoxy) is 1. The topological polar surface area (TPSA) is 68.1 Å². The number of rotatable bonds is 2. The van der Waals surface area contributed by atoms with Crippen molar-refractivity contribution >= 4 is 16.8 Å². The van der Waals surface area contributed by atoms with Crippen molar-refractivity contribution in [2.24, 2.45) is 16.1 Å². The number of carbonyl (C=O) groups excluding carboxylic acids is 1. The van der Waals surface area contributed by atoms with E-state index in [1.165, 1.54) is 0 Å². The molecule has 0 aliphatic carbocycles. The molecule has 5 nitrogen and oxygen atoms in total. The van der Waals surface area contributed by atoms with Crippen LogP contribution in [0.25, 0.3) is 0 Å². The lowest BCUT2D eigenvalue weighted by molar-refractivity contribution is -0.152. The summed E-state index contributed by atoms with van der Waals surface area (Å²) in [5.74, 6) is -0.661. The number of hydrogen-bond acceptors (Lipinski definition) is 5. The molecule has 0 spiro atoms. The Labute approximate surface area is 119 Å². The summed E-state index contributed by atoms with van der Waals surface area (Å²) < 4.78 is 18.1. The van der Waals surface area contributed by atoms with Crippen molar-refractivity contribution in [1.82, 2.24) is 0 Å². The highest BCUT2D eigenvalue weighted by Crippen LogP contribution is 2.44. The molecule has 3 rings (SSSR count). The van der Waals surface area contributed by atoms with Crippen LogP contribution >= 0.6 is 0 Å². The van der Waals surface area contributed by atoms with Crippen LogP contribution in [-0.4, -0.2) is 27.7 Å². The molecule has 1 aromatic rings. The Kier molecular flexibility index (Phi) is 3.20. The van der Waals surface area contributed by atoms with Crippen LogP contribution in [0.1, 0.15) is 18.9 Å². The molecule has 2 aliphatic rings. The molecule has 4 atom stereocenters. The molecule has 0 saturated carbocycles. The first-order chi connectivity index (χ1) is 9.55. The van der Waals surface area contributed by atoms with Gasteiger partial charge in [0.05, 0.1) is 23.4 Å². The van der Waals surface area contributed by atoms with E-state index in [4.69, 9.17) is 4.74 Å². The number of esters is 1. The van der Waals surface area contributed by atoms with Gasteiger partial charge in [-0.15, -0.1) is 0 Å². The Morgan fingerprint density at radius 1 is 1.35 bits per heavy atom. The first-order valence-corrected chi connectivity index (χ1v) is 7.78. The second-order valence-electron chi connectivity index (χ2n) is 5.27. The molecule has 2 aliphatic heterocycles. The monoisotopic (exact) mass is 292 g/mol. The zero-order chi connectivity index (χ0) is 14.3. The first kappa shape index (κ1) is 13.4. The summed E-state index contributed by atoms with van der Waals surface area (Å²) in [6, 6.07) is 7.21. The van der Waals surface area contributed by atoms with Crippen molar-refractivity contribution in [3.63, 3.8) is 0 Å². The molecule has 2 heterocycles. The van der Waals surface area contributed by atoms with Gasteiger partial charge in [0.2, 0.25) is 0 Å². The minimum absolute atomic E-state index is 0.0998. The van der Waals surface area contributed by atoms with Gasteiger partial charge in [-0.1, -0.05) is 17.7 Å². The summed E-state index contributed by atoms with van der Waals surface area (Å²) in [5.41, 5.74) is 1.08. The van der Waals surface area contributed by atoms with Crippen LogP contribution in [0.15, 0.2) is 39.4 Å². The Balaban J connectivity index is 2.05. The second kappa shape index (κ2) is 4.77. The van der Waals surface area contributed by atoms with E-state index in [0.29, 0.717) is 17.9 Å². The minimum atomic E-state index is -1.59. The predicted molar refractivity (Wildman–Crippen MR) is 73.7 cm³/mol. The third-order valence-electron chi connectivity index (χ3n) is 3.95. The van der Waals surface area contributed by atoms with Crippen molar-refractivity contribution in [2.45, 2.75) is 36.1 Å². The zero-order valence-corrected chi connectivity index (χ0v) is 12.2. The largest absolute Gasteiger partial charge is 0.463 e. The number of nitrogens with zero attached hydrogens (tertiary/aromatic N) is 2. The maximum atomic E-state index is 12.9. The minimum Gasteiger partial charge on any atom is -0.463 e. The highest BCUT2D eigenvalue weighted by Gasteiger charge is 2.60. The van der Waals surface area contributed by atoms with Gasteiger partial charge in [-0.2, -0.15) is 10.2 Å². The molecular formula is C14H16N2O3S. The lowest BCUT2D eigenvalue weighted by Gasteiger charge is -2.33. The van der Waals surface area contributed by atoms with Crippen molar-refractivity contribution in [3.05, 3.63) is 29.8 Å². The number of benzene rings is 1. The maximum absolute atomic E-state index is 12.9. The number of aryl methyl sites for hydroxylation is 1. The van der Waals surface area contributed by atoms with Crippen molar-refractivity contribution < 1.29 is 13.7 Å². The Hall–Kier alpha value is -1.56. The average molecular weight is 292 g/mol. The highest BCUT2D eigenvalue weighted by atomic mass is 32.2. The number of azo groups is 1. The summed E-state index contributed by atoms with van der Waals surface area (Å²) in [4.78, 5) is 11.5. The van der Waals surface area contributed by atoms with Gasteiger partial charge in [0.25, 0.3) is 4.87 Å². The van der Waals surface area contributed by atoms with Crippen LogP contribution in [0.4, 0.5) is 0 Å². The van der Waals surface area contributed by atoms with E-state index in [0.717, 1.165) is 5.56 Å². The van der Waals surface area contributed by atoms with Crippen LogP contribution in [0.2, 0.25) is 0 Å². The Bertz CT molecular complexity index is 599. The van der Waals surface area contributed by atoms with Crippen LogP contribution < -0.4 is 0 Å². The SMILES string of the molecule is Cc1ccc(S(=O)[C@@]23N=N[C@@H](C)[C@@H]2CCOC3=O)cc1. The normalized spacial score (nSPS) is 33.6.